The molecule has 6 nitrogen and oxygen atoms in total. The molecule has 0 saturated heterocycles. The first-order chi connectivity index (χ1) is 11.8. The van der Waals surface area contributed by atoms with E-state index in [0.29, 0.717) is 5.56 Å². The summed E-state index contributed by atoms with van der Waals surface area (Å²) in [5, 5.41) is 12.3. The number of anilines is 2. The minimum Gasteiger partial charge on any atom is -0.398 e. The number of alkyl halides is 2. The van der Waals surface area contributed by atoms with E-state index >= 15 is 0 Å². The molecule has 2 amide bonds. The largest absolute Gasteiger partial charge is 0.398 e. The fourth-order valence-electron chi connectivity index (χ4n) is 2.07. The molecule has 0 saturated carbocycles. The second-order valence-electron chi connectivity index (χ2n) is 5.24. The van der Waals surface area contributed by atoms with Crippen molar-refractivity contribution in [2.75, 3.05) is 11.1 Å². The Balaban J connectivity index is 0. The zero-order valence-corrected chi connectivity index (χ0v) is 13.2. The Hall–Kier alpha value is -3.10. The molecular formula is C16H22F3N5O. The van der Waals surface area contributed by atoms with Gasteiger partial charge in [0, 0.05) is 27.8 Å². The molecule has 0 aliphatic heterocycles. The Morgan fingerprint density at radius 1 is 1.32 bits per heavy atom. The van der Waals surface area contributed by atoms with Crippen LogP contribution in [0.5, 0.6) is 0 Å². The highest BCUT2D eigenvalue weighted by molar-refractivity contribution is 6.04. The van der Waals surface area contributed by atoms with Crippen molar-refractivity contribution in [2.24, 2.45) is 0 Å². The molecule has 0 fully saturated rings. The molecule has 1 heterocycles. The Kier molecular flexibility index (Phi) is 5.58. The quantitative estimate of drug-likeness (QED) is 0.607. The first kappa shape index (κ1) is 18.2. The van der Waals surface area contributed by atoms with Crippen LogP contribution in [0.15, 0.2) is 36.5 Å². The van der Waals surface area contributed by atoms with Gasteiger partial charge in [-0.1, -0.05) is 12.1 Å². The van der Waals surface area contributed by atoms with E-state index in [0.717, 1.165) is 6.20 Å². The fraction of sp³-hybridized carbons (Fsp3) is 0.188. The molecule has 9 heteroatoms. The maximum atomic E-state index is 12.9. The Morgan fingerprint density at radius 3 is 2.52 bits per heavy atom. The van der Waals surface area contributed by atoms with Crippen LogP contribution in [0.25, 0.3) is 0 Å². The van der Waals surface area contributed by atoms with Gasteiger partial charge in [-0.25, -0.2) is 22.9 Å². The van der Waals surface area contributed by atoms with Crippen molar-refractivity contribution in [3.05, 3.63) is 53.5 Å². The van der Waals surface area contributed by atoms with Crippen LogP contribution in [0.1, 0.15) is 28.4 Å². The fourth-order valence-corrected chi connectivity index (χ4v) is 2.07. The molecule has 0 bridgehead atoms. The number of carbonyl (C=O) groups is 1. The summed E-state index contributed by atoms with van der Waals surface area (Å²) in [6, 6.07) is 5.84. The normalized spacial score (nSPS) is 11.9. The number of aromatic nitrogens is 1. The smallest absolute Gasteiger partial charge is 0.320 e. The number of amides is 2. The molecule has 0 radical (unpaired) electrons. The topological polar surface area (TPSA) is 104 Å². The highest BCUT2D eigenvalue weighted by Crippen LogP contribution is 2.18. The zero-order valence-electron chi connectivity index (χ0n) is 13.2. The van der Waals surface area contributed by atoms with E-state index in [-0.39, 0.29) is 27.2 Å². The standard InChI is InChI=1S/C16H16F3N5O.3H2/c1-8(9-2-4-10(17)5-3-9)23-16(25)24-13-6-12(20)11(7-22-13)14(21)15(18)19;;;/h2-8,15,21H,1H3,(H4,20,22,23,24,25);3*1H/t8-;;;/m1.../s1. The Morgan fingerprint density at radius 2 is 1.96 bits per heavy atom. The third kappa shape index (κ3) is 4.69. The lowest BCUT2D eigenvalue weighted by atomic mass is 10.1. The second kappa shape index (κ2) is 7.65. The summed E-state index contributed by atoms with van der Waals surface area (Å²) in [6.45, 7) is 1.71. The molecule has 2 aromatic rings. The summed E-state index contributed by atoms with van der Waals surface area (Å²) >= 11 is 0. The van der Waals surface area contributed by atoms with E-state index in [2.05, 4.69) is 15.6 Å². The number of hydrogen-bond acceptors (Lipinski definition) is 4. The van der Waals surface area contributed by atoms with Gasteiger partial charge in [0.05, 0.1) is 6.04 Å². The summed E-state index contributed by atoms with van der Waals surface area (Å²) < 4.78 is 37.9. The van der Waals surface area contributed by atoms with E-state index in [4.69, 9.17) is 11.1 Å². The van der Waals surface area contributed by atoms with Crippen LogP contribution in [0.3, 0.4) is 0 Å². The predicted octanol–water partition coefficient (Wildman–Crippen LogP) is 4.06. The highest BCUT2D eigenvalue weighted by atomic mass is 19.3. The zero-order chi connectivity index (χ0) is 18.6. The summed E-state index contributed by atoms with van der Waals surface area (Å²) in [5.41, 5.74) is 5.09. The van der Waals surface area contributed by atoms with Gasteiger partial charge in [-0.2, -0.15) is 0 Å². The van der Waals surface area contributed by atoms with Gasteiger partial charge in [-0.05, 0) is 24.6 Å². The molecule has 0 spiro atoms. The molecule has 1 atom stereocenters. The van der Waals surface area contributed by atoms with Crippen molar-refractivity contribution < 1.29 is 22.2 Å². The van der Waals surface area contributed by atoms with Crippen molar-refractivity contribution in [1.82, 2.24) is 10.3 Å². The first-order valence-electron chi connectivity index (χ1n) is 7.23. The molecule has 2 rings (SSSR count). The first-order valence-corrected chi connectivity index (χ1v) is 7.23. The number of nitrogens with one attached hydrogen (secondary N) is 3. The van der Waals surface area contributed by atoms with E-state index in [1.807, 2.05) is 0 Å². The number of benzene rings is 1. The van der Waals surface area contributed by atoms with Crippen LogP contribution in [0.4, 0.5) is 29.5 Å². The van der Waals surface area contributed by atoms with Gasteiger partial charge in [0.15, 0.2) is 0 Å². The summed E-state index contributed by atoms with van der Waals surface area (Å²) in [6.07, 6.45) is -1.97. The second-order valence-corrected chi connectivity index (χ2v) is 5.24. The molecular weight excluding hydrogens is 335 g/mol. The predicted molar refractivity (Wildman–Crippen MR) is 94.8 cm³/mol. The number of hydrogen-bond donors (Lipinski definition) is 4. The maximum absolute atomic E-state index is 12.9. The SMILES string of the molecule is C[C@@H](NC(=O)Nc1cc(N)c(C(=N)C(F)F)cn1)c1ccc(F)cc1.[HH].[HH].[HH]. The summed E-state index contributed by atoms with van der Waals surface area (Å²) in [4.78, 5) is 15.8. The average Bonchev–Trinajstić information content (AvgIpc) is 2.54. The lowest BCUT2D eigenvalue weighted by molar-refractivity contribution is 0.225. The van der Waals surface area contributed by atoms with Crippen LogP contribution < -0.4 is 16.4 Å². The molecule has 0 unspecified atom stereocenters. The molecule has 1 aromatic heterocycles. The van der Waals surface area contributed by atoms with Gasteiger partial charge in [0.2, 0.25) is 0 Å². The number of nitrogens with two attached hydrogens (primary N) is 1. The van der Waals surface area contributed by atoms with Crippen LogP contribution in [-0.4, -0.2) is 23.2 Å². The van der Waals surface area contributed by atoms with E-state index < -0.39 is 24.2 Å². The highest BCUT2D eigenvalue weighted by Gasteiger charge is 2.17. The lowest BCUT2D eigenvalue weighted by Gasteiger charge is -2.15. The van der Waals surface area contributed by atoms with E-state index in [9.17, 15) is 18.0 Å². The van der Waals surface area contributed by atoms with Crippen molar-refractivity contribution >= 4 is 23.2 Å². The monoisotopic (exact) mass is 357 g/mol. The van der Waals surface area contributed by atoms with Crippen LogP contribution >= 0.6 is 0 Å². The van der Waals surface area contributed by atoms with Crippen molar-refractivity contribution in [2.45, 2.75) is 19.4 Å². The number of pyridine rings is 1. The van der Waals surface area contributed by atoms with Crippen molar-refractivity contribution in [1.29, 1.82) is 5.41 Å². The van der Waals surface area contributed by atoms with E-state index in [1.165, 1.54) is 18.2 Å². The van der Waals surface area contributed by atoms with Gasteiger partial charge >= 0.3 is 6.03 Å². The number of halogens is 3. The molecule has 0 aliphatic rings. The van der Waals surface area contributed by atoms with Crippen LogP contribution in [0.2, 0.25) is 0 Å². The van der Waals surface area contributed by atoms with Crippen LogP contribution in [-0.2, 0) is 0 Å². The van der Waals surface area contributed by atoms with Crippen molar-refractivity contribution in [3.63, 3.8) is 0 Å². The molecule has 25 heavy (non-hydrogen) atoms. The van der Waals surface area contributed by atoms with Crippen molar-refractivity contribution in [3.8, 4) is 0 Å². The third-order valence-electron chi connectivity index (χ3n) is 3.40. The van der Waals surface area contributed by atoms with Gasteiger partial charge in [0.1, 0.15) is 17.3 Å². The number of rotatable bonds is 5. The summed E-state index contributed by atoms with van der Waals surface area (Å²) in [7, 11) is 0. The minimum absolute atomic E-state index is 0. The van der Waals surface area contributed by atoms with Gasteiger partial charge < -0.3 is 11.1 Å². The maximum Gasteiger partial charge on any atom is 0.320 e. The number of carbonyl (C=O) groups excluding carboxylic acids is 1. The number of nitrogens with zero attached hydrogens (tertiary/aromatic N) is 1. The van der Waals surface area contributed by atoms with Crippen LogP contribution in [0, 0.1) is 11.2 Å². The minimum atomic E-state index is -2.97. The number of nitrogen functional groups attached to an aromatic ring is 1. The molecule has 138 valence electrons. The number of urea groups is 1. The molecule has 1 aromatic carbocycles. The Labute approximate surface area is 146 Å². The van der Waals surface area contributed by atoms with Gasteiger partial charge in [-0.15, -0.1) is 0 Å². The molecule has 5 N–H and O–H groups in total. The van der Waals surface area contributed by atoms with E-state index in [1.54, 1.807) is 19.1 Å². The third-order valence-corrected chi connectivity index (χ3v) is 3.40. The van der Waals surface area contributed by atoms with Gasteiger partial charge in [-0.3, -0.25) is 10.7 Å². The van der Waals surface area contributed by atoms with Gasteiger partial charge in [0.25, 0.3) is 6.43 Å². The molecule has 0 aliphatic carbocycles. The lowest BCUT2D eigenvalue weighted by Crippen LogP contribution is -2.31. The Bertz CT molecular complexity index is 794. The summed E-state index contributed by atoms with van der Waals surface area (Å²) in [5.74, 6) is -0.332. The average molecular weight is 357 g/mol.